The SMILES string of the molecule is CCCn1c2ncnc-2c2n(c1=O)C[C@@H](C)N2. The van der Waals surface area contributed by atoms with Crippen LogP contribution in [0.3, 0.4) is 0 Å². The number of hydrogen-bond acceptors (Lipinski definition) is 4. The molecule has 0 aromatic heterocycles. The van der Waals surface area contributed by atoms with Crippen molar-refractivity contribution < 1.29 is 0 Å². The number of anilines is 1. The van der Waals surface area contributed by atoms with Crippen LogP contribution in [0.1, 0.15) is 20.3 Å². The average molecular weight is 233 g/mol. The number of hydrogen-bond donors (Lipinski definition) is 1. The summed E-state index contributed by atoms with van der Waals surface area (Å²) in [6.45, 7) is 5.48. The molecule has 1 N–H and O–H groups in total. The van der Waals surface area contributed by atoms with Gasteiger partial charge >= 0.3 is 5.69 Å². The van der Waals surface area contributed by atoms with Gasteiger partial charge in [0.2, 0.25) is 0 Å². The monoisotopic (exact) mass is 233 g/mol. The van der Waals surface area contributed by atoms with Gasteiger partial charge in [-0.05, 0) is 13.3 Å². The van der Waals surface area contributed by atoms with Crippen LogP contribution in [-0.4, -0.2) is 25.1 Å². The van der Waals surface area contributed by atoms with Gasteiger partial charge in [-0.1, -0.05) is 6.92 Å². The third-order valence-corrected chi connectivity index (χ3v) is 3.08. The molecule has 0 saturated carbocycles. The molecule has 3 rings (SSSR count). The van der Waals surface area contributed by atoms with E-state index in [9.17, 15) is 4.79 Å². The highest BCUT2D eigenvalue weighted by atomic mass is 16.1. The second-order valence-corrected chi connectivity index (χ2v) is 4.48. The third kappa shape index (κ3) is 1.36. The van der Waals surface area contributed by atoms with Crippen LogP contribution in [0.4, 0.5) is 5.82 Å². The Kier molecular flexibility index (Phi) is 2.17. The lowest BCUT2D eigenvalue weighted by atomic mass is 10.3. The topological polar surface area (TPSA) is 64.7 Å². The van der Waals surface area contributed by atoms with Gasteiger partial charge in [0.1, 0.15) is 17.8 Å². The van der Waals surface area contributed by atoms with E-state index >= 15 is 0 Å². The Labute approximate surface area is 98.7 Å². The molecule has 0 aromatic rings. The molecule has 90 valence electrons. The van der Waals surface area contributed by atoms with Crippen molar-refractivity contribution in [3.05, 3.63) is 16.8 Å². The number of imidazole rings is 1. The lowest BCUT2D eigenvalue weighted by molar-refractivity contribution is 0.572. The Hall–Kier alpha value is -1.85. The summed E-state index contributed by atoms with van der Waals surface area (Å²) in [6.07, 6.45) is 2.42. The summed E-state index contributed by atoms with van der Waals surface area (Å²) < 4.78 is 3.48. The Bertz CT molecular complexity index is 584. The first-order valence-corrected chi connectivity index (χ1v) is 5.93. The van der Waals surface area contributed by atoms with Crippen molar-refractivity contribution >= 4 is 5.82 Å². The summed E-state index contributed by atoms with van der Waals surface area (Å²) >= 11 is 0. The van der Waals surface area contributed by atoms with E-state index in [1.165, 1.54) is 6.33 Å². The van der Waals surface area contributed by atoms with Gasteiger partial charge in [0.05, 0.1) is 0 Å². The molecule has 3 aliphatic rings. The summed E-state index contributed by atoms with van der Waals surface area (Å²) in [6, 6.07) is 0.264. The van der Waals surface area contributed by atoms with Crippen molar-refractivity contribution in [2.24, 2.45) is 0 Å². The Balaban J connectivity index is 2.31. The van der Waals surface area contributed by atoms with Gasteiger partial charge in [-0.25, -0.2) is 14.8 Å². The number of aromatic nitrogens is 4. The molecule has 3 aliphatic heterocycles. The van der Waals surface area contributed by atoms with Crippen molar-refractivity contribution in [3.8, 4) is 11.5 Å². The largest absolute Gasteiger partial charge is 0.365 e. The van der Waals surface area contributed by atoms with E-state index in [-0.39, 0.29) is 11.7 Å². The lowest BCUT2D eigenvalue weighted by Gasteiger charge is -2.13. The highest BCUT2D eigenvalue weighted by Gasteiger charge is 2.28. The quantitative estimate of drug-likeness (QED) is 0.832. The molecule has 1 atom stereocenters. The maximum atomic E-state index is 12.3. The fourth-order valence-electron chi connectivity index (χ4n) is 2.38. The van der Waals surface area contributed by atoms with Crippen LogP contribution in [0, 0.1) is 0 Å². The van der Waals surface area contributed by atoms with Gasteiger partial charge in [0.25, 0.3) is 0 Å². The molecule has 0 aliphatic carbocycles. The molecule has 0 unspecified atom stereocenters. The van der Waals surface area contributed by atoms with E-state index in [1.807, 2.05) is 6.92 Å². The summed E-state index contributed by atoms with van der Waals surface area (Å²) in [5, 5.41) is 3.28. The van der Waals surface area contributed by atoms with E-state index in [0.717, 1.165) is 17.9 Å². The Morgan fingerprint density at radius 3 is 3.12 bits per heavy atom. The molecule has 6 nitrogen and oxygen atoms in total. The molecule has 17 heavy (non-hydrogen) atoms. The normalized spacial score (nSPS) is 18.4. The maximum absolute atomic E-state index is 12.3. The Morgan fingerprint density at radius 2 is 2.35 bits per heavy atom. The first-order chi connectivity index (χ1) is 8.22. The summed E-state index contributed by atoms with van der Waals surface area (Å²) in [5.41, 5.74) is 0.800. The minimum Gasteiger partial charge on any atom is -0.365 e. The van der Waals surface area contributed by atoms with Crippen LogP contribution < -0.4 is 11.0 Å². The van der Waals surface area contributed by atoms with Crippen molar-refractivity contribution in [2.75, 3.05) is 5.32 Å². The van der Waals surface area contributed by atoms with E-state index in [4.69, 9.17) is 0 Å². The maximum Gasteiger partial charge on any atom is 0.331 e. The molecule has 3 heterocycles. The molecule has 0 fully saturated rings. The van der Waals surface area contributed by atoms with Crippen LogP contribution in [-0.2, 0) is 13.1 Å². The second-order valence-electron chi connectivity index (χ2n) is 4.48. The summed E-state index contributed by atoms with van der Waals surface area (Å²) in [7, 11) is 0. The van der Waals surface area contributed by atoms with Gasteiger partial charge < -0.3 is 5.32 Å². The lowest BCUT2D eigenvalue weighted by Crippen LogP contribution is -2.32. The van der Waals surface area contributed by atoms with Crippen LogP contribution in [0.5, 0.6) is 0 Å². The Morgan fingerprint density at radius 1 is 1.53 bits per heavy atom. The van der Waals surface area contributed by atoms with Gasteiger partial charge in [-0.15, -0.1) is 0 Å². The van der Waals surface area contributed by atoms with Gasteiger partial charge in [0.15, 0.2) is 5.82 Å². The van der Waals surface area contributed by atoms with Gasteiger partial charge in [-0.3, -0.25) is 9.13 Å². The van der Waals surface area contributed by atoms with Crippen molar-refractivity contribution in [1.29, 1.82) is 0 Å². The third-order valence-electron chi connectivity index (χ3n) is 3.08. The first kappa shape index (κ1) is 10.3. The molecule has 0 aromatic carbocycles. The van der Waals surface area contributed by atoms with E-state index in [2.05, 4.69) is 22.2 Å². The molecular formula is C11H15N5O. The summed E-state index contributed by atoms with van der Waals surface area (Å²) in [4.78, 5) is 20.8. The number of nitrogens with zero attached hydrogens (tertiary/aromatic N) is 4. The molecular weight excluding hydrogens is 218 g/mol. The van der Waals surface area contributed by atoms with Crippen LogP contribution in [0.2, 0.25) is 0 Å². The molecule has 0 bridgehead atoms. The standard InChI is InChI=1S/C11H15N5O/c1-3-4-15-9-8(12-6-13-9)10-14-7(2)5-16(10)11(15)17/h6-7,14H,3-5H2,1-2H3/t7-/m1/s1. The molecule has 0 saturated heterocycles. The first-order valence-electron chi connectivity index (χ1n) is 5.93. The van der Waals surface area contributed by atoms with Crippen LogP contribution in [0.15, 0.2) is 11.1 Å². The van der Waals surface area contributed by atoms with Crippen molar-refractivity contribution in [2.45, 2.75) is 39.4 Å². The minimum absolute atomic E-state index is 0.00620. The van der Waals surface area contributed by atoms with Crippen LogP contribution >= 0.6 is 0 Å². The predicted octanol–water partition coefficient (Wildman–Crippen LogP) is 0.769. The fraction of sp³-hybridized carbons (Fsp3) is 0.545. The number of rotatable bonds is 2. The predicted molar refractivity (Wildman–Crippen MR) is 64.3 cm³/mol. The zero-order valence-corrected chi connectivity index (χ0v) is 9.97. The highest BCUT2D eigenvalue weighted by Crippen LogP contribution is 2.28. The summed E-state index contributed by atoms with van der Waals surface area (Å²) in [5.74, 6) is 1.49. The zero-order valence-electron chi connectivity index (χ0n) is 9.97. The zero-order chi connectivity index (χ0) is 12.0. The molecule has 0 radical (unpaired) electrons. The van der Waals surface area contributed by atoms with E-state index < -0.39 is 0 Å². The van der Waals surface area contributed by atoms with Crippen molar-refractivity contribution in [1.82, 2.24) is 19.1 Å². The second kappa shape index (κ2) is 3.58. The molecule has 0 amide bonds. The highest BCUT2D eigenvalue weighted by molar-refractivity contribution is 5.69. The van der Waals surface area contributed by atoms with Crippen molar-refractivity contribution in [3.63, 3.8) is 0 Å². The minimum atomic E-state index is 0.00620. The smallest absolute Gasteiger partial charge is 0.331 e. The van der Waals surface area contributed by atoms with Gasteiger partial charge in [0, 0.05) is 19.1 Å². The van der Waals surface area contributed by atoms with Gasteiger partial charge in [-0.2, -0.15) is 0 Å². The number of nitrogens with one attached hydrogen (secondary N) is 1. The molecule has 6 heteroatoms. The number of fused-ring (bicyclic) bond motifs is 3. The van der Waals surface area contributed by atoms with E-state index in [1.54, 1.807) is 9.13 Å². The van der Waals surface area contributed by atoms with Crippen LogP contribution in [0.25, 0.3) is 11.5 Å². The fourth-order valence-corrected chi connectivity index (χ4v) is 2.38. The molecule has 0 spiro atoms. The average Bonchev–Trinajstić information content (AvgIpc) is 2.89. The van der Waals surface area contributed by atoms with E-state index in [0.29, 0.717) is 18.9 Å².